The Morgan fingerprint density at radius 3 is 2.71 bits per heavy atom. The maximum atomic E-state index is 12.7. The average Bonchev–Trinajstić information content (AvgIpc) is 3.23. The molecule has 1 aromatic carbocycles. The molecule has 2 N–H and O–H groups in total. The highest BCUT2D eigenvalue weighted by molar-refractivity contribution is 5.75. The Bertz CT molecular complexity index is 683. The molecular formula is C17H23N5O2. The highest BCUT2D eigenvalue weighted by Gasteiger charge is 2.38. The van der Waals surface area contributed by atoms with Gasteiger partial charge >= 0.3 is 6.03 Å². The van der Waals surface area contributed by atoms with Crippen LogP contribution < -0.4 is 0 Å². The van der Waals surface area contributed by atoms with Crippen LogP contribution in [-0.2, 0) is 0 Å². The Kier molecular flexibility index (Phi) is 4.80. The zero-order valence-electron chi connectivity index (χ0n) is 14.0. The number of aromatic amines is 1. The third-order valence-corrected chi connectivity index (χ3v) is 4.41. The van der Waals surface area contributed by atoms with Crippen LogP contribution >= 0.6 is 0 Å². The molecule has 0 bridgehead atoms. The summed E-state index contributed by atoms with van der Waals surface area (Å²) in [5.74, 6) is 1.22. The third kappa shape index (κ3) is 3.12. The van der Waals surface area contributed by atoms with Gasteiger partial charge in [-0.25, -0.2) is 9.78 Å². The molecule has 1 fully saturated rings. The molecule has 3 rings (SSSR count). The van der Waals surface area contributed by atoms with Crippen molar-refractivity contribution in [2.45, 2.75) is 32.4 Å². The number of likely N-dealkylation sites (tertiary alicyclic amines) is 1. The first kappa shape index (κ1) is 16.4. The van der Waals surface area contributed by atoms with Crippen LogP contribution in [0.15, 0.2) is 30.3 Å². The lowest BCUT2D eigenvalue weighted by atomic mass is 10.2. The fraction of sp³-hybridized carbons (Fsp3) is 0.471. The molecule has 1 aliphatic rings. The number of carbonyl (C=O) groups excluding carboxylic acids is 1. The van der Waals surface area contributed by atoms with Crippen LogP contribution in [0.2, 0.25) is 0 Å². The van der Waals surface area contributed by atoms with Gasteiger partial charge in [-0.1, -0.05) is 30.3 Å². The third-order valence-electron chi connectivity index (χ3n) is 4.41. The fourth-order valence-corrected chi connectivity index (χ4v) is 3.10. The lowest BCUT2D eigenvalue weighted by Crippen LogP contribution is -2.43. The van der Waals surface area contributed by atoms with E-state index < -0.39 is 6.10 Å². The van der Waals surface area contributed by atoms with Gasteiger partial charge in [0.25, 0.3) is 0 Å². The van der Waals surface area contributed by atoms with Crippen LogP contribution in [-0.4, -0.2) is 61.9 Å². The topological polar surface area (TPSA) is 85.3 Å². The number of aliphatic hydroxyl groups excluding tert-OH is 1. The summed E-state index contributed by atoms with van der Waals surface area (Å²) in [5.41, 5.74) is 0.917. The highest BCUT2D eigenvalue weighted by Crippen LogP contribution is 2.32. The number of amides is 2. The normalized spacial score (nSPS) is 20.4. The van der Waals surface area contributed by atoms with Gasteiger partial charge in [0.05, 0.1) is 12.1 Å². The van der Waals surface area contributed by atoms with Gasteiger partial charge in [0.1, 0.15) is 5.82 Å². The zero-order chi connectivity index (χ0) is 17.1. The van der Waals surface area contributed by atoms with Gasteiger partial charge in [0.2, 0.25) is 0 Å². The van der Waals surface area contributed by atoms with E-state index in [2.05, 4.69) is 15.2 Å². The van der Waals surface area contributed by atoms with Crippen molar-refractivity contribution in [1.82, 2.24) is 25.0 Å². The van der Waals surface area contributed by atoms with Crippen molar-refractivity contribution < 1.29 is 9.90 Å². The largest absolute Gasteiger partial charge is 0.391 e. The predicted octanol–water partition coefficient (Wildman–Crippen LogP) is 2.04. The molecule has 2 aromatic rings. The monoisotopic (exact) mass is 329 g/mol. The average molecular weight is 329 g/mol. The number of H-pyrrole nitrogens is 1. The van der Waals surface area contributed by atoms with Crippen LogP contribution in [0, 0.1) is 0 Å². The summed E-state index contributed by atoms with van der Waals surface area (Å²) in [7, 11) is 0. The Morgan fingerprint density at radius 2 is 2.04 bits per heavy atom. The minimum atomic E-state index is -0.542. The van der Waals surface area contributed by atoms with Crippen LogP contribution in [0.5, 0.6) is 0 Å². The minimum Gasteiger partial charge on any atom is -0.391 e. The van der Waals surface area contributed by atoms with Crippen molar-refractivity contribution in [3.8, 4) is 11.4 Å². The summed E-state index contributed by atoms with van der Waals surface area (Å²) in [6.45, 7) is 5.50. The second kappa shape index (κ2) is 7.00. The van der Waals surface area contributed by atoms with E-state index in [0.29, 0.717) is 37.7 Å². The van der Waals surface area contributed by atoms with E-state index in [9.17, 15) is 9.90 Å². The van der Waals surface area contributed by atoms with Crippen LogP contribution in [0.25, 0.3) is 11.4 Å². The minimum absolute atomic E-state index is 0.0702. The van der Waals surface area contributed by atoms with Crippen molar-refractivity contribution in [2.24, 2.45) is 0 Å². The van der Waals surface area contributed by atoms with Crippen molar-refractivity contribution in [3.63, 3.8) is 0 Å². The molecule has 2 amide bonds. The molecule has 1 aromatic heterocycles. The molecule has 2 heterocycles. The molecule has 0 saturated carbocycles. The molecule has 128 valence electrons. The summed E-state index contributed by atoms with van der Waals surface area (Å²) < 4.78 is 0. The molecule has 7 heteroatoms. The number of aliphatic hydroxyl groups is 1. The number of nitrogens with one attached hydrogen (secondary N) is 1. The van der Waals surface area contributed by atoms with Crippen molar-refractivity contribution in [2.75, 3.05) is 19.6 Å². The van der Waals surface area contributed by atoms with Crippen molar-refractivity contribution in [3.05, 3.63) is 36.2 Å². The standard InChI is InChI=1S/C17H23N5O2/c1-3-21(4-2)17(24)22-11-13(23)10-14(22)16-18-15(19-20-16)12-8-6-5-7-9-12/h5-9,13-14,23H,3-4,10-11H2,1-2H3,(H,18,19,20)/t13-,14+/m1/s1. The van der Waals surface area contributed by atoms with Crippen molar-refractivity contribution in [1.29, 1.82) is 0 Å². The quantitative estimate of drug-likeness (QED) is 0.899. The van der Waals surface area contributed by atoms with E-state index in [1.807, 2.05) is 44.2 Å². The van der Waals surface area contributed by atoms with Crippen LogP contribution in [0.1, 0.15) is 32.1 Å². The maximum Gasteiger partial charge on any atom is 0.320 e. The van der Waals surface area contributed by atoms with E-state index >= 15 is 0 Å². The van der Waals surface area contributed by atoms with Gasteiger partial charge in [0.15, 0.2) is 5.82 Å². The number of rotatable bonds is 4. The maximum absolute atomic E-state index is 12.7. The number of hydrogen-bond acceptors (Lipinski definition) is 4. The first-order valence-electron chi connectivity index (χ1n) is 8.35. The lowest BCUT2D eigenvalue weighted by molar-refractivity contribution is 0.141. The lowest BCUT2D eigenvalue weighted by Gasteiger charge is -2.29. The molecule has 0 spiro atoms. The SMILES string of the molecule is CCN(CC)C(=O)N1C[C@H](O)C[C@H]1c1nc(-c2ccccc2)n[nH]1. The molecule has 2 atom stereocenters. The Hall–Kier alpha value is -2.41. The summed E-state index contributed by atoms with van der Waals surface area (Å²) in [5, 5.41) is 17.3. The second-order valence-corrected chi connectivity index (χ2v) is 5.92. The summed E-state index contributed by atoms with van der Waals surface area (Å²) >= 11 is 0. The molecular weight excluding hydrogens is 306 g/mol. The van der Waals surface area contributed by atoms with Crippen LogP contribution in [0.3, 0.4) is 0 Å². The zero-order valence-corrected chi connectivity index (χ0v) is 14.0. The molecule has 7 nitrogen and oxygen atoms in total. The van der Waals surface area contributed by atoms with Gasteiger partial charge in [-0.2, -0.15) is 5.10 Å². The number of hydrogen-bond donors (Lipinski definition) is 2. The molecule has 1 saturated heterocycles. The number of carbonyl (C=O) groups is 1. The van der Waals surface area contributed by atoms with Gasteiger partial charge in [0, 0.05) is 31.6 Å². The predicted molar refractivity (Wildman–Crippen MR) is 90.2 cm³/mol. The van der Waals surface area contributed by atoms with E-state index in [-0.39, 0.29) is 12.1 Å². The van der Waals surface area contributed by atoms with Gasteiger partial charge < -0.3 is 14.9 Å². The molecule has 0 unspecified atom stereocenters. The first-order chi connectivity index (χ1) is 11.6. The van der Waals surface area contributed by atoms with Gasteiger partial charge in [-0.15, -0.1) is 0 Å². The van der Waals surface area contributed by atoms with E-state index in [0.717, 1.165) is 5.56 Å². The number of aromatic nitrogens is 3. The molecule has 1 aliphatic heterocycles. The summed E-state index contributed by atoms with van der Waals surface area (Å²) in [6.07, 6.45) is -0.0732. The second-order valence-electron chi connectivity index (χ2n) is 5.92. The summed E-state index contributed by atoms with van der Waals surface area (Å²) in [4.78, 5) is 20.7. The Labute approximate surface area is 141 Å². The first-order valence-corrected chi connectivity index (χ1v) is 8.35. The smallest absolute Gasteiger partial charge is 0.320 e. The molecule has 24 heavy (non-hydrogen) atoms. The van der Waals surface area contributed by atoms with E-state index in [4.69, 9.17) is 0 Å². The van der Waals surface area contributed by atoms with E-state index in [1.54, 1.807) is 9.80 Å². The Morgan fingerprint density at radius 1 is 1.33 bits per heavy atom. The van der Waals surface area contributed by atoms with Gasteiger partial charge in [-0.3, -0.25) is 5.10 Å². The highest BCUT2D eigenvalue weighted by atomic mass is 16.3. The molecule has 0 radical (unpaired) electrons. The Balaban J connectivity index is 1.84. The number of urea groups is 1. The van der Waals surface area contributed by atoms with Crippen molar-refractivity contribution >= 4 is 6.03 Å². The number of β-amino-alcohol motifs (C(OH)–C–C–N with tert-alkyl or cyclic N) is 1. The number of benzene rings is 1. The summed E-state index contributed by atoms with van der Waals surface area (Å²) in [6, 6.07) is 9.33. The van der Waals surface area contributed by atoms with Crippen LogP contribution in [0.4, 0.5) is 4.79 Å². The molecule has 0 aliphatic carbocycles. The number of nitrogens with zero attached hydrogens (tertiary/aromatic N) is 4. The van der Waals surface area contributed by atoms with E-state index in [1.165, 1.54) is 0 Å². The fourth-order valence-electron chi connectivity index (χ4n) is 3.10. The van der Waals surface area contributed by atoms with Gasteiger partial charge in [-0.05, 0) is 13.8 Å².